The molecule has 25 heavy (non-hydrogen) atoms. The van der Waals surface area contributed by atoms with E-state index >= 15 is 0 Å². The fourth-order valence-electron chi connectivity index (χ4n) is 1.92. The molecule has 0 aliphatic rings. The van der Waals surface area contributed by atoms with Crippen LogP contribution in [0.15, 0.2) is 53.6 Å². The van der Waals surface area contributed by atoms with E-state index in [0.29, 0.717) is 17.1 Å². The van der Waals surface area contributed by atoms with Crippen LogP contribution in [-0.2, 0) is 9.59 Å². The minimum atomic E-state index is -1.08. The van der Waals surface area contributed by atoms with Crippen molar-refractivity contribution < 1.29 is 24.2 Å². The highest BCUT2D eigenvalue weighted by atomic mass is 16.5. The van der Waals surface area contributed by atoms with Gasteiger partial charge in [-0.25, -0.2) is 10.2 Å². The van der Waals surface area contributed by atoms with Crippen LogP contribution >= 0.6 is 0 Å². The average Bonchev–Trinajstić information content (AvgIpc) is 2.59. The molecule has 0 spiro atoms. The van der Waals surface area contributed by atoms with E-state index in [-0.39, 0.29) is 6.61 Å². The van der Waals surface area contributed by atoms with Crippen molar-refractivity contribution in [3.8, 4) is 11.5 Å². The number of hydrazone groups is 1. The van der Waals surface area contributed by atoms with Crippen LogP contribution in [0.4, 0.5) is 0 Å². The lowest BCUT2D eigenvalue weighted by Crippen LogP contribution is -2.24. The predicted molar refractivity (Wildman–Crippen MR) is 92.0 cm³/mol. The highest BCUT2D eigenvalue weighted by molar-refractivity contribution is 5.85. The minimum Gasteiger partial charge on any atom is -0.484 e. The number of hydrogen-bond acceptors (Lipinski definition) is 5. The van der Waals surface area contributed by atoms with Gasteiger partial charge in [-0.05, 0) is 36.8 Å². The van der Waals surface area contributed by atoms with Crippen molar-refractivity contribution in [2.75, 3.05) is 13.2 Å². The van der Waals surface area contributed by atoms with Crippen LogP contribution in [0.1, 0.15) is 11.1 Å². The van der Waals surface area contributed by atoms with Gasteiger partial charge >= 0.3 is 5.97 Å². The molecule has 0 heterocycles. The molecule has 0 aliphatic heterocycles. The van der Waals surface area contributed by atoms with E-state index in [9.17, 15) is 9.59 Å². The number of amides is 1. The van der Waals surface area contributed by atoms with Crippen LogP contribution in [0.25, 0.3) is 0 Å². The van der Waals surface area contributed by atoms with Gasteiger partial charge in [0.15, 0.2) is 13.2 Å². The molecule has 0 bridgehead atoms. The molecule has 0 aliphatic carbocycles. The zero-order valence-electron chi connectivity index (χ0n) is 13.6. The first kappa shape index (κ1) is 18.0. The Hall–Kier alpha value is -3.35. The Balaban J connectivity index is 1.86. The summed E-state index contributed by atoms with van der Waals surface area (Å²) >= 11 is 0. The third-order valence-corrected chi connectivity index (χ3v) is 3.02. The van der Waals surface area contributed by atoms with Gasteiger partial charge in [-0.1, -0.05) is 24.3 Å². The molecule has 0 saturated heterocycles. The number of nitrogens with one attached hydrogen (secondary N) is 1. The zero-order chi connectivity index (χ0) is 18.1. The van der Waals surface area contributed by atoms with E-state index < -0.39 is 18.5 Å². The molecule has 2 N–H and O–H groups in total. The van der Waals surface area contributed by atoms with Gasteiger partial charge in [0.1, 0.15) is 11.5 Å². The van der Waals surface area contributed by atoms with Crippen LogP contribution in [0.3, 0.4) is 0 Å². The Morgan fingerprint density at radius 1 is 1.12 bits per heavy atom. The topological polar surface area (TPSA) is 97.2 Å². The number of aryl methyl sites for hydroxylation is 1. The first-order valence-corrected chi connectivity index (χ1v) is 7.49. The molecule has 2 aromatic carbocycles. The number of carboxylic acids is 1. The highest BCUT2D eigenvalue weighted by Gasteiger charge is 2.04. The molecule has 130 valence electrons. The molecule has 2 aromatic rings. The Bertz CT molecular complexity index is 774. The summed E-state index contributed by atoms with van der Waals surface area (Å²) in [6.45, 7) is 1.31. The van der Waals surface area contributed by atoms with Gasteiger partial charge in [-0.2, -0.15) is 5.10 Å². The lowest BCUT2D eigenvalue weighted by molar-refractivity contribution is -0.139. The lowest BCUT2D eigenvalue weighted by Gasteiger charge is -2.07. The van der Waals surface area contributed by atoms with E-state index in [4.69, 9.17) is 14.6 Å². The number of nitrogens with zero attached hydrogens (tertiary/aromatic N) is 1. The number of hydrogen-bond donors (Lipinski definition) is 2. The van der Waals surface area contributed by atoms with Gasteiger partial charge in [0.05, 0.1) is 6.21 Å². The molecule has 0 atom stereocenters. The Kier molecular flexibility index (Phi) is 6.53. The number of aliphatic carboxylic acids is 1. The molecule has 2 rings (SSSR count). The van der Waals surface area contributed by atoms with Gasteiger partial charge < -0.3 is 14.6 Å². The van der Waals surface area contributed by atoms with Crippen LogP contribution < -0.4 is 14.9 Å². The van der Waals surface area contributed by atoms with E-state index in [0.717, 1.165) is 5.56 Å². The summed E-state index contributed by atoms with van der Waals surface area (Å²) < 4.78 is 10.5. The van der Waals surface area contributed by atoms with Gasteiger partial charge in [0, 0.05) is 5.56 Å². The fourth-order valence-corrected chi connectivity index (χ4v) is 1.92. The molecule has 0 fully saturated rings. The first-order chi connectivity index (χ1) is 12.0. The van der Waals surface area contributed by atoms with Crippen LogP contribution in [0.5, 0.6) is 11.5 Å². The summed E-state index contributed by atoms with van der Waals surface area (Å²) in [7, 11) is 0. The summed E-state index contributed by atoms with van der Waals surface area (Å²) in [5.41, 5.74) is 3.92. The smallest absolute Gasteiger partial charge is 0.341 e. The number of ether oxygens (including phenoxy) is 2. The number of carbonyl (C=O) groups is 2. The van der Waals surface area contributed by atoms with Gasteiger partial charge in [-0.15, -0.1) is 0 Å². The molecule has 0 aromatic heterocycles. The van der Waals surface area contributed by atoms with Crippen molar-refractivity contribution in [3.05, 3.63) is 59.7 Å². The fraction of sp³-hybridized carbons (Fsp3) is 0.167. The minimum absolute atomic E-state index is 0.169. The molecule has 0 radical (unpaired) electrons. The molecular formula is C18H18N2O5. The molecule has 7 heteroatoms. The number of rotatable bonds is 8. The van der Waals surface area contributed by atoms with Gasteiger partial charge in [0.2, 0.25) is 0 Å². The molecular weight excluding hydrogens is 324 g/mol. The standard InChI is InChI=1S/C18H18N2O5/c1-13-5-4-7-15(9-13)24-11-17(21)20-19-10-14-6-2-3-8-16(14)25-12-18(22)23/h2-10H,11-12H2,1H3,(H,20,21)(H,22,23). The second-order valence-electron chi connectivity index (χ2n) is 5.12. The Morgan fingerprint density at radius 2 is 1.92 bits per heavy atom. The number of carboxylic acid groups (broad SMARTS) is 1. The summed E-state index contributed by atoms with van der Waals surface area (Å²) in [4.78, 5) is 22.3. The summed E-state index contributed by atoms with van der Waals surface area (Å²) in [6.07, 6.45) is 1.38. The third kappa shape index (κ3) is 6.34. The van der Waals surface area contributed by atoms with Gasteiger partial charge in [0.25, 0.3) is 5.91 Å². The van der Waals surface area contributed by atoms with E-state index in [2.05, 4.69) is 10.5 Å². The maximum Gasteiger partial charge on any atom is 0.341 e. The third-order valence-electron chi connectivity index (χ3n) is 3.02. The lowest BCUT2D eigenvalue weighted by atomic mass is 10.2. The van der Waals surface area contributed by atoms with Crippen molar-refractivity contribution in [3.63, 3.8) is 0 Å². The number of benzene rings is 2. The normalized spacial score (nSPS) is 10.4. The predicted octanol–water partition coefficient (Wildman–Crippen LogP) is 1.99. The average molecular weight is 342 g/mol. The second kappa shape index (κ2) is 9.07. The van der Waals surface area contributed by atoms with Crippen molar-refractivity contribution >= 4 is 18.1 Å². The highest BCUT2D eigenvalue weighted by Crippen LogP contribution is 2.15. The summed E-state index contributed by atoms with van der Waals surface area (Å²) in [5.74, 6) is -0.527. The van der Waals surface area contributed by atoms with Crippen LogP contribution in [0, 0.1) is 6.92 Å². The van der Waals surface area contributed by atoms with E-state index in [1.165, 1.54) is 6.21 Å². The van der Waals surface area contributed by atoms with Crippen molar-refractivity contribution in [2.24, 2.45) is 5.10 Å². The van der Waals surface area contributed by atoms with Crippen molar-refractivity contribution in [1.82, 2.24) is 5.43 Å². The monoisotopic (exact) mass is 342 g/mol. The number of carbonyl (C=O) groups excluding carboxylic acids is 1. The number of para-hydroxylation sites is 1. The molecule has 7 nitrogen and oxygen atoms in total. The SMILES string of the molecule is Cc1cccc(OCC(=O)NN=Cc2ccccc2OCC(=O)O)c1. The van der Waals surface area contributed by atoms with E-state index in [1.807, 2.05) is 25.1 Å². The maximum absolute atomic E-state index is 11.7. The van der Waals surface area contributed by atoms with Crippen molar-refractivity contribution in [2.45, 2.75) is 6.92 Å². The zero-order valence-corrected chi connectivity index (χ0v) is 13.6. The van der Waals surface area contributed by atoms with Crippen LogP contribution in [0.2, 0.25) is 0 Å². The Morgan fingerprint density at radius 3 is 2.68 bits per heavy atom. The molecule has 0 unspecified atom stereocenters. The van der Waals surface area contributed by atoms with E-state index in [1.54, 1.807) is 30.3 Å². The van der Waals surface area contributed by atoms with Gasteiger partial charge in [-0.3, -0.25) is 4.79 Å². The summed E-state index contributed by atoms with van der Waals surface area (Å²) in [6, 6.07) is 14.1. The van der Waals surface area contributed by atoms with Crippen molar-refractivity contribution in [1.29, 1.82) is 0 Å². The maximum atomic E-state index is 11.7. The summed E-state index contributed by atoms with van der Waals surface area (Å²) in [5, 5.41) is 12.5. The quantitative estimate of drug-likeness (QED) is 0.565. The second-order valence-corrected chi connectivity index (χ2v) is 5.12. The van der Waals surface area contributed by atoms with Crippen LogP contribution in [-0.4, -0.2) is 36.4 Å². The Labute approximate surface area is 144 Å². The molecule has 1 amide bonds. The largest absolute Gasteiger partial charge is 0.484 e. The first-order valence-electron chi connectivity index (χ1n) is 7.49. The molecule has 0 saturated carbocycles.